The summed E-state index contributed by atoms with van der Waals surface area (Å²) < 4.78 is 18.5. The van der Waals surface area contributed by atoms with Crippen molar-refractivity contribution in [1.82, 2.24) is 0 Å². The number of aliphatic hydroxyl groups is 1. The lowest BCUT2D eigenvalue weighted by Gasteiger charge is -2.32. The second-order valence-electron chi connectivity index (χ2n) is 5.01. The third-order valence-corrected chi connectivity index (χ3v) is 4.01. The first-order chi connectivity index (χ1) is 8.58. The molecule has 2 rings (SSSR count). The number of hydrogen-bond acceptors (Lipinski definition) is 2. The van der Waals surface area contributed by atoms with E-state index in [1.807, 2.05) is 0 Å². The number of hydrogen-bond donors (Lipinski definition) is 1. The molecule has 1 aliphatic rings. The second kappa shape index (κ2) is 6.00. The van der Waals surface area contributed by atoms with Gasteiger partial charge in [0.2, 0.25) is 0 Å². The van der Waals surface area contributed by atoms with Crippen molar-refractivity contribution in [2.45, 2.75) is 25.9 Å². The molecule has 1 heterocycles. The van der Waals surface area contributed by atoms with E-state index in [-0.39, 0.29) is 11.7 Å². The fraction of sp³-hybridized carbons (Fsp3) is 0.571. The van der Waals surface area contributed by atoms with Gasteiger partial charge in [-0.15, -0.1) is 0 Å². The first-order valence-electron chi connectivity index (χ1n) is 6.27. The average molecular weight is 273 g/mol. The predicted molar refractivity (Wildman–Crippen MR) is 69.2 cm³/mol. The summed E-state index contributed by atoms with van der Waals surface area (Å²) in [5.74, 6) is 0.195. The Kier molecular flexibility index (Phi) is 4.60. The molecular formula is C14H18ClFO2. The van der Waals surface area contributed by atoms with Crippen molar-refractivity contribution in [1.29, 1.82) is 0 Å². The van der Waals surface area contributed by atoms with Crippen LogP contribution in [-0.2, 0) is 11.2 Å². The zero-order chi connectivity index (χ0) is 13.1. The molecule has 1 N–H and O–H groups in total. The standard InChI is InChI=1S/C14H18ClFO2/c1-9-8-18-5-4-12(9)14(17)7-10-6-11(16)2-3-13(10)15/h2-3,6,9,12,14,17H,4-5,7-8H2,1H3. The average Bonchev–Trinajstić information content (AvgIpc) is 2.34. The normalized spacial score (nSPS) is 26.0. The number of ether oxygens (including phenoxy) is 1. The highest BCUT2D eigenvalue weighted by atomic mass is 35.5. The van der Waals surface area contributed by atoms with Gasteiger partial charge in [0.25, 0.3) is 0 Å². The maximum atomic E-state index is 13.2. The van der Waals surface area contributed by atoms with Gasteiger partial charge in [-0.3, -0.25) is 0 Å². The van der Waals surface area contributed by atoms with E-state index in [9.17, 15) is 9.50 Å². The molecule has 1 fully saturated rings. The highest BCUT2D eigenvalue weighted by Crippen LogP contribution is 2.28. The molecule has 0 aliphatic carbocycles. The van der Waals surface area contributed by atoms with Crippen molar-refractivity contribution in [2.75, 3.05) is 13.2 Å². The molecule has 1 aromatic rings. The Balaban J connectivity index is 2.05. The summed E-state index contributed by atoms with van der Waals surface area (Å²) in [5.41, 5.74) is 0.669. The van der Waals surface area contributed by atoms with Crippen molar-refractivity contribution in [3.05, 3.63) is 34.6 Å². The van der Waals surface area contributed by atoms with E-state index in [1.165, 1.54) is 18.2 Å². The SMILES string of the molecule is CC1COCCC1C(O)Cc1cc(F)ccc1Cl. The van der Waals surface area contributed by atoms with Crippen molar-refractivity contribution < 1.29 is 14.2 Å². The van der Waals surface area contributed by atoms with Gasteiger partial charge in [0.05, 0.1) is 6.10 Å². The summed E-state index contributed by atoms with van der Waals surface area (Å²) in [5, 5.41) is 10.8. The van der Waals surface area contributed by atoms with E-state index in [0.717, 1.165) is 6.42 Å². The minimum atomic E-state index is -0.497. The van der Waals surface area contributed by atoms with E-state index >= 15 is 0 Å². The minimum absolute atomic E-state index is 0.193. The van der Waals surface area contributed by atoms with Gasteiger partial charge in [0, 0.05) is 24.7 Å². The lowest BCUT2D eigenvalue weighted by Crippen LogP contribution is -2.35. The molecule has 3 atom stereocenters. The molecule has 0 amide bonds. The van der Waals surface area contributed by atoms with Crippen LogP contribution in [0.25, 0.3) is 0 Å². The highest BCUT2D eigenvalue weighted by molar-refractivity contribution is 6.31. The van der Waals surface area contributed by atoms with Gasteiger partial charge in [-0.1, -0.05) is 18.5 Å². The molecule has 100 valence electrons. The third kappa shape index (κ3) is 3.22. The Bertz CT molecular complexity index is 411. The summed E-state index contributed by atoms with van der Waals surface area (Å²) in [6.07, 6.45) is 0.740. The van der Waals surface area contributed by atoms with Crippen molar-refractivity contribution in [3.8, 4) is 0 Å². The largest absolute Gasteiger partial charge is 0.392 e. The number of rotatable bonds is 3. The Morgan fingerprint density at radius 3 is 3.06 bits per heavy atom. The zero-order valence-electron chi connectivity index (χ0n) is 10.4. The summed E-state index contributed by atoms with van der Waals surface area (Å²) in [7, 11) is 0. The van der Waals surface area contributed by atoms with E-state index in [4.69, 9.17) is 16.3 Å². The minimum Gasteiger partial charge on any atom is -0.392 e. The van der Waals surface area contributed by atoms with Gasteiger partial charge in [-0.05, 0) is 42.0 Å². The van der Waals surface area contributed by atoms with Gasteiger partial charge in [0.15, 0.2) is 0 Å². The lowest BCUT2D eigenvalue weighted by molar-refractivity contribution is -0.0294. The van der Waals surface area contributed by atoms with Gasteiger partial charge in [-0.25, -0.2) is 4.39 Å². The summed E-state index contributed by atoms with van der Waals surface area (Å²) in [6.45, 7) is 3.43. The molecule has 18 heavy (non-hydrogen) atoms. The molecular weight excluding hydrogens is 255 g/mol. The van der Waals surface area contributed by atoms with Crippen LogP contribution >= 0.6 is 11.6 Å². The van der Waals surface area contributed by atoms with E-state index < -0.39 is 6.10 Å². The molecule has 1 aliphatic heterocycles. The molecule has 0 saturated carbocycles. The quantitative estimate of drug-likeness (QED) is 0.916. The van der Waals surface area contributed by atoms with Gasteiger partial charge < -0.3 is 9.84 Å². The van der Waals surface area contributed by atoms with Crippen LogP contribution in [0.5, 0.6) is 0 Å². The highest BCUT2D eigenvalue weighted by Gasteiger charge is 2.28. The molecule has 4 heteroatoms. The second-order valence-corrected chi connectivity index (χ2v) is 5.42. The van der Waals surface area contributed by atoms with E-state index in [0.29, 0.717) is 36.1 Å². The number of halogens is 2. The van der Waals surface area contributed by atoms with Crippen LogP contribution < -0.4 is 0 Å². The third-order valence-electron chi connectivity index (χ3n) is 3.64. The first kappa shape index (κ1) is 13.8. The molecule has 0 radical (unpaired) electrons. The molecule has 0 spiro atoms. The van der Waals surface area contributed by atoms with Crippen LogP contribution in [-0.4, -0.2) is 24.4 Å². The van der Waals surface area contributed by atoms with Crippen LogP contribution in [0.4, 0.5) is 4.39 Å². The van der Waals surface area contributed by atoms with Crippen LogP contribution in [0, 0.1) is 17.7 Å². The molecule has 0 bridgehead atoms. The molecule has 1 aromatic carbocycles. The van der Waals surface area contributed by atoms with Crippen molar-refractivity contribution in [2.24, 2.45) is 11.8 Å². The van der Waals surface area contributed by atoms with Crippen LogP contribution in [0.1, 0.15) is 18.9 Å². The summed E-state index contributed by atoms with van der Waals surface area (Å²) >= 11 is 6.01. The number of aliphatic hydroxyl groups excluding tert-OH is 1. The topological polar surface area (TPSA) is 29.5 Å². The van der Waals surface area contributed by atoms with Crippen molar-refractivity contribution >= 4 is 11.6 Å². The maximum Gasteiger partial charge on any atom is 0.123 e. The van der Waals surface area contributed by atoms with Crippen molar-refractivity contribution in [3.63, 3.8) is 0 Å². The maximum absolute atomic E-state index is 13.2. The Hall–Kier alpha value is -0.640. The van der Waals surface area contributed by atoms with Gasteiger partial charge in [0.1, 0.15) is 5.82 Å². The Labute approximate surface area is 112 Å². The van der Waals surface area contributed by atoms with Gasteiger partial charge in [-0.2, -0.15) is 0 Å². The van der Waals surface area contributed by atoms with E-state index in [2.05, 4.69) is 6.92 Å². The summed E-state index contributed by atoms with van der Waals surface area (Å²) in [4.78, 5) is 0. The van der Waals surface area contributed by atoms with Crippen LogP contribution in [0.2, 0.25) is 5.02 Å². The molecule has 1 saturated heterocycles. The molecule has 3 unspecified atom stereocenters. The van der Waals surface area contributed by atoms with Crippen LogP contribution in [0.3, 0.4) is 0 Å². The van der Waals surface area contributed by atoms with E-state index in [1.54, 1.807) is 0 Å². The number of benzene rings is 1. The monoisotopic (exact) mass is 272 g/mol. The zero-order valence-corrected chi connectivity index (χ0v) is 11.2. The lowest BCUT2D eigenvalue weighted by atomic mass is 9.83. The van der Waals surface area contributed by atoms with Gasteiger partial charge >= 0.3 is 0 Å². The summed E-state index contributed by atoms with van der Waals surface area (Å²) in [6, 6.07) is 4.26. The molecule has 2 nitrogen and oxygen atoms in total. The Morgan fingerprint density at radius 2 is 2.33 bits per heavy atom. The van der Waals surface area contributed by atoms with Crippen LogP contribution in [0.15, 0.2) is 18.2 Å². The predicted octanol–water partition coefficient (Wildman–Crippen LogP) is 3.06. The fourth-order valence-electron chi connectivity index (χ4n) is 2.54. The first-order valence-corrected chi connectivity index (χ1v) is 6.65. The Morgan fingerprint density at radius 1 is 1.56 bits per heavy atom. The fourth-order valence-corrected chi connectivity index (χ4v) is 2.74. The molecule has 0 aromatic heterocycles. The smallest absolute Gasteiger partial charge is 0.123 e.